The molecule has 2 aromatic carbocycles. The van der Waals surface area contributed by atoms with Crippen molar-refractivity contribution in [1.82, 2.24) is 15.2 Å². The van der Waals surface area contributed by atoms with Gasteiger partial charge < -0.3 is 20.5 Å². The summed E-state index contributed by atoms with van der Waals surface area (Å²) in [6.07, 6.45) is -2.82. The van der Waals surface area contributed by atoms with Crippen LogP contribution in [-0.4, -0.2) is 46.2 Å². The highest BCUT2D eigenvalue weighted by molar-refractivity contribution is 6.07. The fourth-order valence-corrected chi connectivity index (χ4v) is 6.25. The van der Waals surface area contributed by atoms with Crippen LogP contribution in [0.4, 0.5) is 18.9 Å². The number of alkyl halides is 3. The highest BCUT2D eigenvalue weighted by Crippen LogP contribution is 2.48. The first-order valence-corrected chi connectivity index (χ1v) is 12.3. The van der Waals surface area contributed by atoms with Gasteiger partial charge in [-0.3, -0.25) is 14.4 Å². The topological polar surface area (TPSA) is 94.3 Å². The SMILES string of the molecule is CC1C[C@@H]2C[C@@]3(CN2C(=O)[C@@H](NC(=O)c2cc4cc(C(F)(F)F)ccc4[nH]2)C1)C(=O)Nc1ccccc13. The van der Waals surface area contributed by atoms with E-state index >= 15 is 0 Å². The zero-order valence-electron chi connectivity index (χ0n) is 20.0. The van der Waals surface area contributed by atoms with Gasteiger partial charge >= 0.3 is 6.18 Å². The Hall–Kier alpha value is -3.82. The Morgan fingerprint density at radius 1 is 1.11 bits per heavy atom. The van der Waals surface area contributed by atoms with E-state index in [1.54, 1.807) is 4.90 Å². The first kappa shape index (κ1) is 23.6. The van der Waals surface area contributed by atoms with Crippen LogP contribution >= 0.6 is 0 Å². The molecule has 3 aliphatic rings. The number of hydrogen-bond donors (Lipinski definition) is 3. The molecule has 2 saturated heterocycles. The molecule has 4 heterocycles. The normalized spacial score (nSPS) is 27.2. The molecule has 1 unspecified atom stereocenters. The van der Waals surface area contributed by atoms with Gasteiger partial charge in [-0.25, -0.2) is 0 Å². The summed E-state index contributed by atoms with van der Waals surface area (Å²) >= 11 is 0. The highest BCUT2D eigenvalue weighted by Gasteiger charge is 2.57. The smallest absolute Gasteiger partial charge is 0.351 e. The van der Waals surface area contributed by atoms with Crippen LogP contribution < -0.4 is 10.6 Å². The maximum Gasteiger partial charge on any atom is 0.416 e. The first-order chi connectivity index (χ1) is 17.5. The molecule has 3 aliphatic heterocycles. The minimum Gasteiger partial charge on any atom is -0.351 e. The van der Waals surface area contributed by atoms with Gasteiger partial charge in [0.1, 0.15) is 11.7 Å². The van der Waals surface area contributed by atoms with Crippen LogP contribution in [0.15, 0.2) is 48.5 Å². The third-order valence-corrected chi connectivity index (χ3v) is 7.98. The van der Waals surface area contributed by atoms with Crippen LogP contribution in [0, 0.1) is 5.92 Å². The zero-order chi connectivity index (χ0) is 26.1. The summed E-state index contributed by atoms with van der Waals surface area (Å²) in [7, 11) is 0. The third kappa shape index (κ3) is 3.77. The van der Waals surface area contributed by atoms with Gasteiger partial charge in [-0.15, -0.1) is 0 Å². The van der Waals surface area contributed by atoms with Gasteiger partial charge in [-0.2, -0.15) is 13.2 Å². The lowest BCUT2D eigenvalue weighted by atomic mass is 9.78. The van der Waals surface area contributed by atoms with Gasteiger partial charge in [-0.1, -0.05) is 25.1 Å². The molecule has 2 fully saturated rings. The van der Waals surface area contributed by atoms with Crippen LogP contribution in [0.25, 0.3) is 10.9 Å². The lowest BCUT2D eigenvalue weighted by Gasteiger charge is -2.26. The molecule has 192 valence electrons. The molecule has 3 amide bonds. The lowest BCUT2D eigenvalue weighted by molar-refractivity contribution is -0.137. The van der Waals surface area contributed by atoms with E-state index in [0.29, 0.717) is 24.8 Å². The van der Waals surface area contributed by atoms with Crippen LogP contribution in [-0.2, 0) is 21.2 Å². The Bertz CT molecular complexity index is 1450. The van der Waals surface area contributed by atoms with Crippen molar-refractivity contribution in [3.63, 3.8) is 0 Å². The number of para-hydroxylation sites is 1. The van der Waals surface area contributed by atoms with E-state index in [1.165, 1.54) is 12.1 Å². The summed E-state index contributed by atoms with van der Waals surface area (Å²) in [5.74, 6) is -0.811. The number of benzene rings is 2. The van der Waals surface area contributed by atoms with E-state index in [9.17, 15) is 27.6 Å². The molecule has 1 spiro atoms. The number of carbonyl (C=O) groups excluding carboxylic acids is 3. The molecule has 0 radical (unpaired) electrons. The van der Waals surface area contributed by atoms with Gasteiger partial charge in [0.2, 0.25) is 11.8 Å². The molecule has 7 nitrogen and oxygen atoms in total. The number of carbonyl (C=O) groups is 3. The van der Waals surface area contributed by atoms with Crippen molar-refractivity contribution in [1.29, 1.82) is 0 Å². The Kier molecular flexibility index (Phi) is 5.15. The fourth-order valence-electron chi connectivity index (χ4n) is 6.25. The molecule has 4 atom stereocenters. The second kappa shape index (κ2) is 8.09. The number of nitrogens with one attached hydrogen (secondary N) is 3. The van der Waals surface area contributed by atoms with Crippen molar-refractivity contribution in [3.05, 3.63) is 65.4 Å². The molecule has 37 heavy (non-hydrogen) atoms. The van der Waals surface area contributed by atoms with E-state index < -0.39 is 29.1 Å². The number of hydrogen-bond acceptors (Lipinski definition) is 3. The predicted octanol–water partition coefficient (Wildman–Crippen LogP) is 4.21. The Balaban J connectivity index is 1.25. The molecule has 0 aliphatic carbocycles. The van der Waals surface area contributed by atoms with Gasteiger partial charge in [0.05, 0.1) is 11.0 Å². The Morgan fingerprint density at radius 2 is 1.89 bits per heavy atom. The van der Waals surface area contributed by atoms with E-state index in [2.05, 4.69) is 15.6 Å². The van der Waals surface area contributed by atoms with Crippen molar-refractivity contribution >= 4 is 34.3 Å². The molecule has 3 aromatic rings. The van der Waals surface area contributed by atoms with Crippen LogP contribution in [0.1, 0.15) is 47.8 Å². The van der Waals surface area contributed by atoms with Crippen molar-refractivity contribution in [2.24, 2.45) is 5.92 Å². The Morgan fingerprint density at radius 3 is 2.68 bits per heavy atom. The van der Waals surface area contributed by atoms with Gasteiger partial charge in [0.15, 0.2) is 0 Å². The fraction of sp³-hybridized carbons (Fsp3) is 0.370. The minimum absolute atomic E-state index is 0.0811. The van der Waals surface area contributed by atoms with Gasteiger partial charge in [0.25, 0.3) is 5.91 Å². The number of nitrogens with zero attached hydrogens (tertiary/aromatic N) is 1. The number of amides is 3. The molecular weight excluding hydrogens is 485 g/mol. The number of H-pyrrole nitrogens is 1. The monoisotopic (exact) mass is 510 g/mol. The molecular formula is C27H25F3N4O3. The van der Waals surface area contributed by atoms with E-state index in [4.69, 9.17) is 0 Å². The average Bonchev–Trinajstić information content (AvgIpc) is 3.50. The maximum absolute atomic E-state index is 13.7. The second-order valence-electron chi connectivity index (χ2n) is 10.5. The van der Waals surface area contributed by atoms with Crippen LogP contribution in [0.2, 0.25) is 0 Å². The van der Waals surface area contributed by atoms with Crippen molar-refractivity contribution in [2.45, 2.75) is 49.9 Å². The van der Waals surface area contributed by atoms with Crippen molar-refractivity contribution < 1.29 is 27.6 Å². The van der Waals surface area contributed by atoms with E-state index in [0.717, 1.165) is 23.4 Å². The minimum atomic E-state index is -4.49. The van der Waals surface area contributed by atoms with Crippen LogP contribution in [0.5, 0.6) is 0 Å². The summed E-state index contributed by atoms with van der Waals surface area (Å²) in [6, 6.07) is 11.2. The average molecular weight is 511 g/mol. The first-order valence-electron chi connectivity index (χ1n) is 12.3. The lowest BCUT2D eigenvalue weighted by Crippen LogP contribution is -2.49. The van der Waals surface area contributed by atoms with Crippen molar-refractivity contribution in [3.8, 4) is 0 Å². The van der Waals surface area contributed by atoms with Gasteiger partial charge in [0, 0.05) is 29.2 Å². The summed E-state index contributed by atoms with van der Waals surface area (Å²) < 4.78 is 39.2. The summed E-state index contributed by atoms with van der Waals surface area (Å²) in [5.41, 5.74) is 0.526. The zero-order valence-corrected chi connectivity index (χ0v) is 20.0. The third-order valence-electron chi connectivity index (χ3n) is 7.98. The molecule has 1 aromatic heterocycles. The number of aromatic nitrogens is 1. The molecule has 0 saturated carbocycles. The van der Waals surface area contributed by atoms with Crippen molar-refractivity contribution in [2.75, 3.05) is 11.9 Å². The predicted molar refractivity (Wildman–Crippen MR) is 130 cm³/mol. The number of rotatable bonds is 2. The number of fused-ring (bicyclic) bond motifs is 4. The quantitative estimate of drug-likeness (QED) is 0.482. The van der Waals surface area contributed by atoms with Gasteiger partial charge in [-0.05, 0) is 61.1 Å². The number of aromatic amines is 1. The molecule has 10 heteroatoms. The highest BCUT2D eigenvalue weighted by atomic mass is 19.4. The second-order valence-corrected chi connectivity index (χ2v) is 10.5. The Labute approximate surface area is 210 Å². The molecule has 0 bridgehead atoms. The van der Waals surface area contributed by atoms with Crippen LogP contribution in [0.3, 0.4) is 0 Å². The van der Waals surface area contributed by atoms with E-state index in [1.807, 2.05) is 31.2 Å². The molecule has 3 N–H and O–H groups in total. The standard InChI is InChI=1S/C27H25F3N4O3/c1-14-8-17-12-26(18-4-2-3-5-20(18)33-25(26)37)13-34(17)24(36)22(9-14)32-23(35)21-11-15-10-16(27(28,29)30)6-7-19(15)31-21/h2-7,10-11,14,17,22,31H,8-9,12-13H2,1H3,(H,32,35)(H,33,37)/t14?,17-,22+,26+/m1/s1. The summed E-state index contributed by atoms with van der Waals surface area (Å²) in [6.45, 7) is 2.26. The number of halogens is 3. The number of anilines is 1. The molecule has 6 rings (SSSR count). The summed E-state index contributed by atoms with van der Waals surface area (Å²) in [5, 5.41) is 6.01. The summed E-state index contributed by atoms with van der Waals surface area (Å²) in [4.78, 5) is 44.4. The maximum atomic E-state index is 13.7. The van der Waals surface area contributed by atoms with E-state index in [-0.39, 0.29) is 41.4 Å². The largest absolute Gasteiger partial charge is 0.416 e.